The minimum absolute atomic E-state index is 0.422. The van der Waals surface area contributed by atoms with Gasteiger partial charge in [0.1, 0.15) is 55.9 Å². The number of rotatable bonds is 8. The third-order valence-corrected chi connectivity index (χ3v) is 7.19. The van der Waals surface area contributed by atoms with E-state index in [1.807, 2.05) is 53.3 Å². The molecule has 0 bridgehead atoms. The average Bonchev–Trinajstić information content (AvgIpc) is 2.95. The lowest BCUT2D eigenvalue weighted by molar-refractivity contribution is 0.215. The van der Waals surface area contributed by atoms with Gasteiger partial charge in [0.05, 0.1) is 13.2 Å². The standard InChI is InChI=1S/C34H37N2O4/c1-22-8-10-24(18-30(22)38-16-17-39-31-21-27(37-7)13-9-23(31)2)34-28-14-11-25(35(3)4)19-32(28)40-33-20-26(36(5)6)12-15-29(33)34/h8-15,18-21H,16-17H2,1-7H3/q+1. The molecule has 0 saturated heterocycles. The molecule has 6 heteroatoms. The lowest BCUT2D eigenvalue weighted by atomic mass is 9.93. The van der Waals surface area contributed by atoms with Crippen LogP contribution < -0.4 is 29.0 Å². The Hall–Kier alpha value is -4.45. The fourth-order valence-electron chi connectivity index (χ4n) is 4.81. The number of hydrogen-bond donors (Lipinski definition) is 0. The van der Waals surface area contributed by atoms with Gasteiger partial charge < -0.3 is 23.5 Å². The van der Waals surface area contributed by atoms with Crippen molar-refractivity contribution in [2.75, 3.05) is 53.4 Å². The van der Waals surface area contributed by atoms with Crippen LogP contribution in [-0.2, 0) is 0 Å². The smallest absolute Gasteiger partial charge is 0.203 e. The molecule has 3 aromatic rings. The summed E-state index contributed by atoms with van der Waals surface area (Å²) in [5, 5.41) is 2.15. The van der Waals surface area contributed by atoms with Crippen molar-refractivity contribution in [3.63, 3.8) is 0 Å². The molecule has 0 amide bonds. The Balaban J connectivity index is 1.51. The molecule has 1 aliphatic heterocycles. The van der Waals surface area contributed by atoms with Gasteiger partial charge in [0.15, 0.2) is 0 Å². The largest absolute Gasteiger partial charge is 0.497 e. The van der Waals surface area contributed by atoms with Crippen molar-refractivity contribution in [1.29, 1.82) is 0 Å². The van der Waals surface area contributed by atoms with Gasteiger partial charge in [0, 0.05) is 54.5 Å². The second kappa shape index (κ2) is 11.3. The SMILES string of the molecule is COc1ccc(C)c(OCCOc2cc(-c3c4ccc(=[N+](C)C)cc-4oc4cc(N(C)C)ccc34)ccc2C)c1. The number of anilines is 1. The first-order chi connectivity index (χ1) is 19.2. The van der Waals surface area contributed by atoms with Gasteiger partial charge in [-0.2, -0.15) is 0 Å². The molecular weight excluding hydrogens is 500 g/mol. The molecule has 6 nitrogen and oxygen atoms in total. The lowest BCUT2D eigenvalue weighted by Gasteiger charge is -2.19. The molecule has 206 valence electrons. The van der Waals surface area contributed by atoms with Crippen molar-refractivity contribution >= 4 is 16.7 Å². The maximum atomic E-state index is 6.48. The van der Waals surface area contributed by atoms with Crippen LogP contribution in [0.3, 0.4) is 0 Å². The highest BCUT2D eigenvalue weighted by Gasteiger charge is 2.19. The molecule has 0 saturated carbocycles. The summed E-state index contributed by atoms with van der Waals surface area (Å²) in [5.74, 6) is 3.25. The highest BCUT2D eigenvalue weighted by molar-refractivity contribution is 6.02. The molecule has 3 aromatic carbocycles. The third-order valence-electron chi connectivity index (χ3n) is 7.19. The highest BCUT2D eigenvalue weighted by Crippen LogP contribution is 2.42. The molecule has 0 fully saturated rings. The molecule has 40 heavy (non-hydrogen) atoms. The third kappa shape index (κ3) is 5.48. The molecule has 0 radical (unpaired) electrons. The summed E-state index contributed by atoms with van der Waals surface area (Å²) in [6.07, 6.45) is 0. The first kappa shape index (κ1) is 27.1. The van der Waals surface area contributed by atoms with Crippen LogP contribution in [-0.4, -0.2) is 48.5 Å². The quantitative estimate of drug-likeness (QED) is 0.131. The van der Waals surface area contributed by atoms with E-state index in [4.69, 9.17) is 18.6 Å². The van der Waals surface area contributed by atoms with E-state index in [2.05, 4.69) is 71.0 Å². The van der Waals surface area contributed by atoms with Gasteiger partial charge in [-0.3, -0.25) is 0 Å². The first-order valence-electron chi connectivity index (χ1n) is 13.4. The predicted molar refractivity (Wildman–Crippen MR) is 163 cm³/mol. The second-order valence-corrected chi connectivity index (χ2v) is 10.4. The normalized spacial score (nSPS) is 11.1. The zero-order valence-electron chi connectivity index (χ0n) is 24.4. The number of hydrogen-bond acceptors (Lipinski definition) is 5. The fourth-order valence-corrected chi connectivity index (χ4v) is 4.81. The Bertz CT molecular complexity index is 1710. The van der Waals surface area contributed by atoms with E-state index in [1.54, 1.807) is 7.11 Å². The van der Waals surface area contributed by atoms with Crippen LogP contribution in [0.4, 0.5) is 5.69 Å². The summed E-state index contributed by atoms with van der Waals surface area (Å²) in [4.78, 5) is 2.09. The molecule has 0 N–H and O–H groups in total. The van der Waals surface area contributed by atoms with Crippen molar-refractivity contribution in [2.45, 2.75) is 13.8 Å². The number of ether oxygens (including phenoxy) is 3. The summed E-state index contributed by atoms with van der Waals surface area (Å²) in [7, 11) is 9.81. The van der Waals surface area contributed by atoms with Crippen molar-refractivity contribution < 1.29 is 18.6 Å². The number of aryl methyl sites for hydroxylation is 2. The Labute approximate surface area is 236 Å². The van der Waals surface area contributed by atoms with Crippen LogP contribution in [0.5, 0.6) is 17.2 Å². The zero-order chi connectivity index (χ0) is 28.4. The maximum Gasteiger partial charge on any atom is 0.203 e. The van der Waals surface area contributed by atoms with Crippen LogP contribution in [0.25, 0.3) is 33.4 Å². The van der Waals surface area contributed by atoms with Crippen LogP contribution in [0.2, 0.25) is 0 Å². The minimum Gasteiger partial charge on any atom is -0.497 e. The second-order valence-electron chi connectivity index (χ2n) is 10.4. The number of benzene rings is 4. The summed E-state index contributed by atoms with van der Waals surface area (Å²) in [6, 6.07) is 25.0. The van der Waals surface area contributed by atoms with E-state index in [0.29, 0.717) is 13.2 Å². The monoisotopic (exact) mass is 537 g/mol. The van der Waals surface area contributed by atoms with Gasteiger partial charge in [0.25, 0.3) is 0 Å². The average molecular weight is 538 g/mol. The number of methoxy groups -OCH3 is 1. The van der Waals surface area contributed by atoms with E-state index in [1.165, 1.54) is 0 Å². The molecule has 1 heterocycles. The maximum absolute atomic E-state index is 6.48. The molecule has 0 spiro atoms. The van der Waals surface area contributed by atoms with Crippen LogP contribution in [0.15, 0.2) is 77.2 Å². The molecule has 5 rings (SSSR count). The Kier molecular flexibility index (Phi) is 7.69. The lowest BCUT2D eigenvalue weighted by Crippen LogP contribution is -2.21. The van der Waals surface area contributed by atoms with Gasteiger partial charge >= 0.3 is 0 Å². The summed E-state index contributed by atoms with van der Waals surface area (Å²) in [6.45, 7) is 4.93. The first-order valence-corrected chi connectivity index (χ1v) is 13.4. The van der Waals surface area contributed by atoms with Gasteiger partial charge in [-0.05, 0) is 60.9 Å². The Morgan fingerprint density at radius 3 is 2.15 bits per heavy atom. The van der Waals surface area contributed by atoms with Gasteiger partial charge in [-0.1, -0.05) is 18.2 Å². The van der Waals surface area contributed by atoms with Gasteiger partial charge in [0.2, 0.25) is 5.36 Å². The van der Waals surface area contributed by atoms with Crippen LogP contribution >= 0.6 is 0 Å². The van der Waals surface area contributed by atoms with Gasteiger partial charge in [-0.15, -0.1) is 0 Å². The predicted octanol–water partition coefficient (Wildman–Crippen LogP) is 6.39. The number of fused-ring (bicyclic) bond motifs is 2. The van der Waals surface area contributed by atoms with Crippen LogP contribution in [0.1, 0.15) is 11.1 Å². The molecule has 1 aliphatic carbocycles. The summed E-state index contributed by atoms with van der Waals surface area (Å²) >= 11 is 0. The minimum atomic E-state index is 0.422. The molecule has 2 aliphatic rings. The van der Waals surface area contributed by atoms with E-state index < -0.39 is 0 Å². The number of nitrogens with zero attached hydrogens (tertiary/aromatic N) is 2. The topological polar surface area (TPSA) is 47.1 Å². The van der Waals surface area contributed by atoms with Crippen molar-refractivity contribution in [3.8, 4) is 39.7 Å². The summed E-state index contributed by atoms with van der Waals surface area (Å²) in [5.41, 5.74) is 7.31. The molecular formula is C34H37N2O4+. The van der Waals surface area contributed by atoms with Gasteiger partial charge in [-0.25, -0.2) is 4.58 Å². The molecule has 0 unspecified atom stereocenters. The van der Waals surface area contributed by atoms with Crippen molar-refractivity contribution in [2.24, 2.45) is 0 Å². The Morgan fingerprint density at radius 2 is 1.48 bits per heavy atom. The van der Waals surface area contributed by atoms with Crippen molar-refractivity contribution in [1.82, 2.24) is 4.58 Å². The molecule has 0 atom stereocenters. The Morgan fingerprint density at radius 1 is 0.775 bits per heavy atom. The fraction of sp³-hybridized carbons (Fsp3) is 0.265. The highest BCUT2D eigenvalue weighted by atomic mass is 16.5. The van der Waals surface area contributed by atoms with Crippen molar-refractivity contribution in [3.05, 3.63) is 89.3 Å². The van der Waals surface area contributed by atoms with E-state index >= 15 is 0 Å². The van der Waals surface area contributed by atoms with Crippen LogP contribution in [0, 0.1) is 13.8 Å². The summed E-state index contributed by atoms with van der Waals surface area (Å²) < 4.78 is 26.2. The van der Waals surface area contributed by atoms with E-state index in [9.17, 15) is 0 Å². The zero-order valence-corrected chi connectivity index (χ0v) is 24.4. The van der Waals surface area contributed by atoms with E-state index in [-0.39, 0.29) is 0 Å². The van der Waals surface area contributed by atoms with E-state index in [0.717, 1.165) is 72.8 Å². The molecule has 0 aromatic heterocycles.